The SMILES string of the molecule is COc1ccc(CNc2ccc(F)cc2Br)cc1Cl. The molecule has 5 heteroatoms. The van der Waals surface area contributed by atoms with Gasteiger partial charge in [0.2, 0.25) is 0 Å². The van der Waals surface area contributed by atoms with Gasteiger partial charge in [0.1, 0.15) is 11.6 Å². The molecule has 0 radical (unpaired) electrons. The van der Waals surface area contributed by atoms with Gasteiger partial charge in [-0.3, -0.25) is 0 Å². The Morgan fingerprint density at radius 1 is 1.26 bits per heavy atom. The van der Waals surface area contributed by atoms with Gasteiger partial charge in [0, 0.05) is 16.7 Å². The normalized spacial score (nSPS) is 10.3. The number of methoxy groups -OCH3 is 1. The topological polar surface area (TPSA) is 21.3 Å². The van der Waals surface area contributed by atoms with Crippen molar-refractivity contribution in [3.63, 3.8) is 0 Å². The van der Waals surface area contributed by atoms with E-state index in [9.17, 15) is 4.39 Å². The van der Waals surface area contributed by atoms with Gasteiger partial charge in [-0.25, -0.2) is 4.39 Å². The van der Waals surface area contributed by atoms with Crippen LogP contribution in [0.5, 0.6) is 5.75 Å². The molecule has 1 N–H and O–H groups in total. The van der Waals surface area contributed by atoms with Crippen molar-refractivity contribution in [3.05, 3.63) is 57.3 Å². The molecule has 0 aliphatic heterocycles. The summed E-state index contributed by atoms with van der Waals surface area (Å²) in [6.45, 7) is 0.591. The summed E-state index contributed by atoms with van der Waals surface area (Å²) in [5.41, 5.74) is 1.84. The largest absolute Gasteiger partial charge is 0.495 e. The van der Waals surface area contributed by atoms with Crippen LogP contribution >= 0.6 is 27.5 Å². The highest BCUT2D eigenvalue weighted by atomic mass is 79.9. The van der Waals surface area contributed by atoms with Crippen molar-refractivity contribution in [1.29, 1.82) is 0 Å². The zero-order valence-electron chi connectivity index (χ0n) is 10.2. The monoisotopic (exact) mass is 343 g/mol. The van der Waals surface area contributed by atoms with Crippen molar-refractivity contribution < 1.29 is 9.13 Å². The molecule has 19 heavy (non-hydrogen) atoms. The lowest BCUT2D eigenvalue weighted by molar-refractivity contribution is 0.415. The Morgan fingerprint density at radius 3 is 2.68 bits per heavy atom. The summed E-state index contributed by atoms with van der Waals surface area (Å²) in [6.07, 6.45) is 0. The molecule has 0 saturated carbocycles. The Kier molecular flexibility index (Phi) is 4.66. The van der Waals surface area contributed by atoms with Gasteiger partial charge in [0.05, 0.1) is 12.1 Å². The minimum Gasteiger partial charge on any atom is -0.495 e. The molecular formula is C14H12BrClFNO. The van der Waals surface area contributed by atoms with E-state index in [1.54, 1.807) is 13.2 Å². The Morgan fingerprint density at radius 2 is 2.05 bits per heavy atom. The van der Waals surface area contributed by atoms with Crippen LogP contribution in [0.1, 0.15) is 5.56 Å². The van der Waals surface area contributed by atoms with Crippen LogP contribution in [0.3, 0.4) is 0 Å². The molecule has 0 amide bonds. The molecule has 0 spiro atoms. The molecule has 0 saturated heterocycles. The highest BCUT2D eigenvalue weighted by Gasteiger charge is 2.04. The second kappa shape index (κ2) is 6.26. The second-order valence-electron chi connectivity index (χ2n) is 3.95. The molecule has 2 aromatic carbocycles. The third-order valence-electron chi connectivity index (χ3n) is 2.63. The Hall–Kier alpha value is -1.26. The van der Waals surface area contributed by atoms with Gasteiger partial charge in [-0.15, -0.1) is 0 Å². The molecule has 2 nitrogen and oxygen atoms in total. The first kappa shape index (κ1) is 14.2. The van der Waals surface area contributed by atoms with Gasteiger partial charge >= 0.3 is 0 Å². The van der Waals surface area contributed by atoms with Gasteiger partial charge in [-0.2, -0.15) is 0 Å². The first-order valence-electron chi connectivity index (χ1n) is 5.61. The summed E-state index contributed by atoms with van der Waals surface area (Å²) in [5, 5.41) is 3.78. The molecule has 0 bridgehead atoms. The lowest BCUT2D eigenvalue weighted by atomic mass is 10.2. The molecule has 0 atom stereocenters. The predicted octanol–water partition coefficient (Wildman–Crippen LogP) is 4.86. The zero-order chi connectivity index (χ0) is 13.8. The van der Waals surface area contributed by atoms with E-state index < -0.39 is 0 Å². The van der Waals surface area contributed by atoms with Gasteiger partial charge in [0.15, 0.2) is 0 Å². The van der Waals surface area contributed by atoms with Crippen LogP contribution in [-0.4, -0.2) is 7.11 Å². The highest BCUT2D eigenvalue weighted by molar-refractivity contribution is 9.10. The molecule has 0 aliphatic carbocycles. The summed E-state index contributed by atoms with van der Waals surface area (Å²) in [6, 6.07) is 10.1. The zero-order valence-corrected chi connectivity index (χ0v) is 12.6. The van der Waals surface area contributed by atoms with Gasteiger partial charge in [0.25, 0.3) is 0 Å². The van der Waals surface area contributed by atoms with Crippen molar-refractivity contribution >= 4 is 33.2 Å². The number of halogens is 3. The molecule has 2 aromatic rings. The molecule has 0 unspecified atom stereocenters. The lowest BCUT2D eigenvalue weighted by Crippen LogP contribution is -2.00. The maximum atomic E-state index is 13.0. The van der Waals surface area contributed by atoms with E-state index in [2.05, 4.69) is 21.2 Å². The predicted molar refractivity (Wildman–Crippen MR) is 79.4 cm³/mol. The quantitative estimate of drug-likeness (QED) is 0.855. The Labute approximate surface area is 124 Å². The fraction of sp³-hybridized carbons (Fsp3) is 0.143. The number of hydrogen-bond acceptors (Lipinski definition) is 2. The minimum atomic E-state index is -0.273. The van der Waals surface area contributed by atoms with E-state index >= 15 is 0 Å². The smallest absolute Gasteiger partial charge is 0.137 e. The van der Waals surface area contributed by atoms with Crippen LogP contribution in [0.2, 0.25) is 5.02 Å². The highest BCUT2D eigenvalue weighted by Crippen LogP contribution is 2.27. The van der Waals surface area contributed by atoms with E-state index in [0.717, 1.165) is 11.3 Å². The number of benzene rings is 2. The van der Waals surface area contributed by atoms with E-state index in [4.69, 9.17) is 16.3 Å². The van der Waals surface area contributed by atoms with E-state index in [0.29, 0.717) is 21.8 Å². The van der Waals surface area contributed by atoms with Gasteiger partial charge in [-0.05, 0) is 51.8 Å². The van der Waals surface area contributed by atoms with Crippen molar-refractivity contribution in [3.8, 4) is 5.75 Å². The number of nitrogens with one attached hydrogen (secondary N) is 1. The van der Waals surface area contributed by atoms with Gasteiger partial charge in [-0.1, -0.05) is 17.7 Å². The van der Waals surface area contributed by atoms with Crippen molar-refractivity contribution in [1.82, 2.24) is 0 Å². The third-order valence-corrected chi connectivity index (χ3v) is 3.58. The maximum Gasteiger partial charge on any atom is 0.137 e. The van der Waals surface area contributed by atoms with Crippen molar-refractivity contribution in [2.45, 2.75) is 6.54 Å². The third kappa shape index (κ3) is 3.61. The molecular weight excluding hydrogens is 333 g/mol. The Bertz CT molecular complexity index is 592. The Balaban J connectivity index is 2.08. The van der Waals surface area contributed by atoms with Crippen molar-refractivity contribution in [2.24, 2.45) is 0 Å². The molecule has 100 valence electrons. The average Bonchev–Trinajstić information content (AvgIpc) is 2.38. The van der Waals surface area contributed by atoms with Crippen LogP contribution in [0.15, 0.2) is 40.9 Å². The number of rotatable bonds is 4. The fourth-order valence-corrected chi connectivity index (χ4v) is 2.42. The molecule has 0 aliphatic rings. The maximum absolute atomic E-state index is 13.0. The van der Waals surface area contributed by atoms with Crippen molar-refractivity contribution in [2.75, 3.05) is 12.4 Å². The van der Waals surface area contributed by atoms with E-state index in [1.807, 2.05) is 18.2 Å². The second-order valence-corrected chi connectivity index (χ2v) is 5.21. The standard InChI is InChI=1S/C14H12BrClFNO/c1-19-14-5-2-9(6-12(14)16)8-18-13-4-3-10(17)7-11(13)15/h2-7,18H,8H2,1H3. The van der Waals surface area contributed by atoms with Crippen LogP contribution in [0, 0.1) is 5.82 Å². The lowest BCUT2D eigenvalue weighted by Gasteiger charge is -2.10. The van der Waals surface area contributed by atoms with Crippen LogP contribution < -0.4 is 10.1 Å². The first-order valence-corrected chi connectivity index (χ1v) is 6.78. The van der Waals surface area contributed by atoms with Crippen LogP contribution in [-0.2, 0) is 6.54 Å². The summed E-state index contributed by atoms with van der Waals surface area (Å²) in [4.78, 5) is 0. The number of anilines is 1. The molecule has 0 fully saturated rings. The van der Waals surface area contributed by atoms with Crippen LogP contribution in [0.25, 0.3) is 0 Å². The van der Waals surface area contributed by atoms with E-state index in [1.165, 1.54) is 12.1 Å². The minimum absolute atomic E-state index is 0.273. The number of ether oxygens (including phenoxy) is 1. The number of hydrogen-bond donors (Lipinski definition) is 1. The van der Waals surface area contributed by atoms with Gasteiger partial charge < -0.3 is 10.1 Å². The first-order chi connectivity index (χ1) is 9.10. The van der Waals surface area contributed by atoms with E-state index in [-0.39, 0.29) is 5.82 Å². The fourth-order valence-electron chi connectivity index (χ4n) is 1.65. The molecule has 2 rings (SSSR count). The summed E-state index contributed by atoms with van der Waals surface area (Å²) < 4.78 is 18.7. The summed E-state index contributed by atoms with van der Waals surface area (Å²) in [5.74, 6) is 0.373. The molecule has 0 heterocycles. The van der Waals surface area contributed by atoms with Crippen LogP contribution in [0.4, 0.5) is 10.1 Å². The summed E-state index contributed by atoms with van der Waals surface area (Å²) >= 11 is 9.36. The summed E-state index contributed by atoms with van der Waals surface area (Å²) in [7, 11) is 1.58. The average molecular weight is 345 g/mol. The molecule has 0 aromatic heterocycles.